The third kappa shape index (κ3) is 5.45. The molecule has 162 valence electrons. The molecule has 29 heavy (non-hydrogen) atoms. The van der Waals surface area contributed by atoms with Crippen molar-refractivity contribution in [3.05, 3.63) is 47.3 Å². The van der Waals surface area contributed by atoms with Crippen molar-refractivity contribution < 1.29 is 17.9 Å². The number of halogens is 3. The Hall–Kier alpha value is -1.29. The average molecular weight is 409 g/mol. The van der Waals surface area contributed by atoms with Crippen LogP contribution in [0.15, 0.2) is 24.8 Å². The highest BCUT2D eigenvalue weighted by molar-refractivity contribution is 5.39. The van der Waals surface area contributed by atoms with Gasteiger partial charge in [-0.1, -0.05) is 38.0 Å². The Kier molecular flexibility index (Phi) is 8.23. The highest BCUT2D eigenvalue weighted by atomic mass is 19.3. The molecule has 1 aromatic rings. The fraction of sp³-hybridized carbons (Fsp3) is 0.680. The van der Waals surface area contributed by atoms with Crippen molar-refractivity contribution in [2.24, 2.45) is 5.92 Å². The fourth-order valence-corrected chi connectivity index (χ4v) is 5.27. The lowest BCUT2D eigenvalue weighted by Crippen LogP contribution is -2.25. The smallest absolute Gasteiger partial charge is 0.266 e. The first kappa shape index (κ1) is 22.4. The van der Waals surface area contributed by atoms with E-state index in [0.29, 0.717) is 23.7 Å². The minimum absolute atomic E-state index is 0.0570. The molecule has 2 fully saturated rings. The van der Waals surface area contributed by atoms with Crippen LogP contribution in [0.5, 0.6) is 0 Å². The number of benzene rings is 1. The van der Waals surface area contributed by atoms with Gasteiger partial charge in [-0.05, 0) is 74.3 Å². The summed E-state index contributed by atoms with van der Waals surface area (Å²) in [5, 5.41) is 0. The van der Waals surface area contributed by atoms with Crippen molar-refractivity contribution in [1.82, 2.24) is 0 Å². The van der Waals surface area contributed by atoms with Gasteiger partial charge in [0, 0.05) is 5.92 Å². The molecule has 4 heteroatoms. The zero-order valence-electron chi connectivity index (χ0n) is 17.6. The minimum atomic E-state index is -2.77. The summed E-state index contributed by atoms with van der Waals surface area (Å²) in [6.45, 7) is 6.32. The Bertz CT molecular complexity index is 656. The zero-order valence-corrected chi connectivity index (χ0v) is 17.6. The van der Waals surface area contributed by atoms with E-state index in [-0.39, 0.29) is 23.5 Å². The molecule has 1 aromatic carbocycles. The van der Waals surface area contributed by atoms with E-state index in [2.05, 4.69) is 13.5 Å². The molecule has 1 aliphatic heterocycles. The van der Waals surface area contributed by atoms with Gasteiger partial charge in [0.15, 0.2) is 0 Å². The van der Waals surface area contributed by atoms with E-state index in [1.165, 1.54) is 12.8 Å². The molecule has 1 heterocycles. The van der Waals surface area contributed by atoms with Crippen molar-refractivity contribution in [3.8, 4) is 0 Å². The van der Waals surface area contributed by atoms with Gasteiger partial charge in [0.05, 0.1) is 18.3 Å². The van der Waals surface area contributed by atoms with E-state index in [4.69, 9.17) is 4.74 Å². The van der Waals surface area contributed by atoms with Crippen LogP contribution >= 0.6 is 0 Å². The number of hydrogen-bond acceptors (Lipinski definition) is 1. The lowest BCUT2D eigenvalue weighted by Gasteiger charge is -2.32. The van der Waals surface area contributed by atoms with Gasteiger partial charge in [0.25, 0.3) is 6.43 Å². The Morgan fingerprint density at radius 1 is 1.03 bits per heavy atom. The molecule has 0 aromatic heterocycles. The van der Waals surface area contributed by atoms with Crippen LogP contribution in [-0.2, 0) is 4.74 Å². The summed E-state index contributed by atoms with van der Waals surface area (Å²) in [5.41, 5.74) is 0.595. The molecular formula is C25H35F3O. The minimum Gasteiger partial charge on any atom is -0.378 e. The van der Waals surface area contributed by atoms with Crippen LogP contribution in [0.3, 0.4) is 0 Å². The second-order valence-corrected chi connectivity index (χ2v) is 8.87. The van der Waals surface area contributed by atoms with Crippen molar-refractivity contribution in [1.29, 1.82) is 0 Å². The van der Waals surface area contributed by atoms with Crippen LogP contribution < -0.4 is 0 Å². The van der Waals surface area contributed by atoms with Gasteiger partial charge in [-0.25, -0.2) is 13.2 Å². The Balaban J connectivity index is 1.73. The largest absolute Gasteiger partial charge is 0.378 e. The molecule has 0 N–H and O–H groups in total. The molecule has 0 radical (unpaired) electrons. The summed E-state index contributed by atoms with van der Waals surface area (Å²) >= 11 is 0. The lowest BCUT2D eigenvalue weighted by atomic mass is 9.75. The summed E-state index contributed by atoms with van der Waals surface area (Å²) in [7, 11) is 0. The summed E-state index contributed by atoms with van der Waals surface area (Å²) in [6.07, 6.45) is 8.97. The number of alkyl halides is 2. The second-order valence-electron chi connectivity index (χ2n) is 8.87. The van der Waals surface area contributed by atoms with Crippen LogP contribution in [0.2, 0.25) is 0 Å². The van der Waals surface area contributed by atoms with Crippen LogP contribution in [0.4, 0.5) is 13.2 Å². The van der Waals surface area contributed by atoms with Crippen LogP contribution in [0, 0.1) is 11.7 Å². The van der Waals surface area contributed by atoms with Gasteiger partial charge in [-0.15, -0.1) is 6.58 Å². The maximum atomic E-state index is 15.3. The number of hydrogen-bond donors (Lipinski definition) is 0. The number of rotatable bonds is 8. The van der Waals surface area contributed by atoms with Crippen molar-refractivity contribution in [3.63, 3.8) is 0 Å². The Morgan fingerprint density at radius 3 is 2.31 bits per heavy atom. The van der Waals surface area contributed by atoms with Crippen LogP contribution in [0.25, 0.3) is 0 Å². The molecule has 1 saturated heterocycles. The van der Waals surface area contributed by atoms with Gasteiger partial charge in [0.2, 0.25) is 0 Å². The molecule has 3 rings (SSSR count). The molecule has 2 aliphatic rings. The molecule has 0 amide bonds. The summed E-state index contributed by atoms with van der Waals surface area (Å²) < 4.78 is 49.0. The van der Waals surface area contributed by atoms with Gasteiger partial charge >= 0.3 is 0 Å². The second kappa shape index (κ2) is 10.7. The molecule has 1 nitrogen and oxygen atoms in total. The van der Waals surface area contributed by atoms with E-state index >= 15 is 4.39 Å². The van der Waals surface area contributed by atoms with Crippen LogP contribution in [-0.4, -0.2) is 12.7 Å². The van der Waals surface area contributed by atoms with E-state index in [1.807, 2.05) is 6.08 Å². The first-order valence-corrected chi connectivity index (χ1v) is 11.4. The van der Waals surface area contributed by atoms with Crippen molar-refractivity contribution >= 4 is 0 Å². The fourth-order valence-electron chi connectivity index (χ4n) is 5.27. The summed E-state index contributed by atoms with van der Waals surface area (Å²) in [4.78, 5) is 0. The van der Waals surface area contributed by atoms with E-state index in [9.17, 15) is 8.78 Å². The van der Waals surface area contributed by atoms with Gasteiger partial charge in [-0.3, -0.25) is 0 Å². The Morgan fingerprint density at radius 2 is 1.72 bits per heavy atom. The number of allylic oxidation sites excluding steroid dienone is 1. The highest BCUT2D eigenvalue weighted by Gasteiger charge is 2.32. The van der Waals surface area contributed by atoms with Gasteiger partial charge < -0.3 is 4.74 Å². The molecule has 1 aliphatic carbocycles. The third-order valence-corrected chi connectivity index (χ3v) is 6.95. The lowest BCUT2D eigenvalue weighted by molar-refractivity contribution is -0.000938. The van der Waals surface area contributed by atoms with E-state index in [1.54, 1.807) is 12.1 Å². The van der Waals surface area contributed by atoms with E-state index < -0.39 is 12.2 Å². The molecule has 2 unspecified atom stereocenters. The molecule has 0 bridgehead atoms. The average Bonchev–Trinajstić information content (AvgIpc) is 2.73. The van der Waals surface area contributed by atoms with E-state index in [0.717, 1.165) is 51.4 Å². The monoisotopic (exact) mass is 408 g/mol. The third-order valence-electron chi connectivity index (χ3n) is 6.95. The molecule has 0 spiro atoms. The SMILES string of the molecule is C=CCCC1CCC(c2ccc(C3CCC(CCC)CC3)c(C(F)F)c2F)CO1. The predicted octanol–water partition coefficient (Wildman–Crippen LogP) is 8.07. The highest BCUT2D eigenvalue weighted by Crippen LogP contribution is 2.43. The maximum Gasteiger partial charge on any atom is 0.266 e. The first-order chi connectivity index (χ1) is 14.0. The molecular weight excluding hydrogens is 373 g/mol. The van der Waals surface area contributed by atoms with Crippen molar-refractivity contribution in [2.45, 2.75) is 95.5 Å². The summed E-state index contributed by atoms with van der Waals surface area (Å²) in [5.74, 6) is -0.0708. The zero-order chi connectivity index (χ0) is 20.8. The quantitative estimate of drug-likeness (QED) is 0.395. The first-order valence-electron chi connectivity index (χ1n) is 11.4. The Labute approximate surface area is 173 Å². The number of ether oxygens (including phenoxy) is 1. The van der Waals surface area contributed by atoms with Crippen LogP contribution in [0.1, 0.15) is 106 Å². The maximum absolute atomic E-state index is 15.3. The van der Waals surface area contributed by atoms with Gasteiger partial charge in [-0.2, -0.15) is 0 Å². The molecule has 2 atom stereocenters. The predicted molar refractivity (Wildman–Crippen MR) is 112 cm³/mol. The topological polar surface area (TPSA) is 9.23 Å². The standard InChI is InChI=1S/C25H35F3O/c1-3-5-7-20-13-12-19(16-29-20)22-15-14-21(23(24(22)26)25(27)28)18-10-8-17(6-4-2)9-11-18/h3,14-15,17-20,25H,1,4-13,16H2,2H3. The van der Waals surface area contributed by atoms with Crippen molar-refractivity contribution in [2.75, 3.05) is 6.61 Å². The van der Waals surface area contributed by atoms with Gasteiger partial charge in [0.1, 0.15) is 5.82 Å². The summed E-state index contributed by atoms with van der Waals surface area (Å²) in [6, 6.07) is 3.54. The molecule has 1 saturated carbocycles. The normalized spacial score (nSPS) is 27.9.